The van der Waals surface area contributed by atoms with Gasteiger partial charge in [0, 0.05) is 11.5 Å². The Labute approximate surface area is 71.8 Å². The molecule has 3 heteroatoms. The lowest BCUT2D eigenvalue weighted by Gasteiger charge is -2.20. The molecule has 1 N–H and O–H groups in total. The highest BCUT2D eigenvalue weighted by molar-refractivity contribution is 5.11. The molecular weight excluding hydrogens is 152 g/mol. The zero-order valence-electron chi connectivity index (χ0n) is 7.72. The van der Waals surface area contributed by atoms with Crippen LogP contribution in [0, 0.1) is 0 Å². The molecule has 0 fully saturated rings. The first-order valence-electron chi connectivity index (χ1n) is 4.12. The molecule has 0 aliphatic carbocycles. The van der Waals surface area contributed by atoms with Crippen molar-refractivity contribution >= 4 is 0 Å². The second-order valence-electron chi connectivity index (χ2n) is 3.54. The van der Waals surface area contributed by atoms with Crippen LogP contribution in [0.15, 0.2) is 16.9 Å². The maximum atomic E-state index is 10.7. The first-order chi connectivity index (χ1) is 5.56. The first kappa shape index (κ1) is 8.97. The topological polar surface area (TPSA) is 45.8 Å². The molecule has 0 amide bonds. The monoisotopic (exact) mass is 166 g/mol. The van der Waals surface area contributed by atoms with Crippen LogP contribution in [0.2, 0.25) is 0 Å². The summed E-state index contributed by atoms with van der Waals surface area (Å²) in [4.78, 5) is 10.7. The molecule has 0 atom stereocenters. The van der Waals surface area contributed by atoms with Gasteiger partial charge in [0.05, 0.1) is 5.69 Å². The Hall–Kier alpha value is -1.12. The van der Waals surface area contributed by atoms with E-state index in [1.54, 1.807) is 6.07 Å². The Morgan fingerprint density at radius 2 is 2.17 bits per heavy atom. The highest BCUT2D eigenvalue weighted by atomic mass is 16.1. The molecule has 1 aromatic rings. The minimum absolute atomic E-state index is 0.0458. The smallest absolute Gasteiger partial charge is 0.264 e. The highest BCUT2D eigenvalue weighted by Gasteiger charge is 2.19. The van der Waals surface area contributed by atoms with Crippen LogP contribution in [0.4, 0.5) is 0 Å². The number of hydrogen-bond acceptors (Lipinski definition) is 2. The van der Waals surface area contributed by atoms with Gasteiger partial charge in [-0.3, -0.25) is 4.79 Å². The lowest BCUT2D eigenvalue weighted by Crippen LogP contribution is -2.20. The quantitative estimate of drug-likeness (QED) is 0.722. The van der Waals surface area contributed by atoms with Crippen LogP contribution >= 0.6 is 0 Å². The van der Waals surface area contributed by atoms with Crippen LogP contribution in [0.5, 0.6) is 0 Å². The van der Waals surface area contributed by atoms with Gasteiger partial charge in [-0.2, -0.15) is 5.10 Å². The zero-order valence-corrected chi connectivity index (χ0v) is 7.72. The fraction of sp³-hybridized carbons (Fsp3) is 0.556. The summed E-state index contributed by atoms with van der Waals surface area (Å²) >= 11 is 0. The van der Waals surface area contributed by atoms with Crippen molar-refractivity contribution < 1.29 is 0 Å². The molecule has 0 aliphatic rings. The van der Waals surface area contributed by atoms with Crippen molar-refractivity contribution in [3.05, 3.63) is 28.2 Å². The van der Waals surface area contributed by atoms with E-state index >= 15 is 0 Å². The van der Waals surface area contributed by atoms with Crippen molar-refractivity contribution in [1.82, 2.24) is 10.2 Å². The van der Waals surface area contributed by atoms with Crippen LogP contribution in [0.1, 0.15) is 32.9 Å². The van der Waals surface area contributed by atoms with E-state index in [0.717, 1.165) is 12.1 Å². The number of aromatic amines is 1. The Bertz CT molecular complexity index is 294. The Kier molecular flexibility index (Phi) is 2.31. The number of rotatable bonds is 2. The Morgan fingerprint density at radius 1 is 1.50 bits per heavy atom. The maximum absolute atomic E-state index is 10.7. The molecule has 0 aromatic carbocycles. The second-order valence-corrected chi connectivity index (χ2v) is 3.54. The van der Waals surface area contributed by atoms with Crippen LogP contribution in [-0.4, -0.2) is 10.2 Å². The fourth-order valence-corrected chi connectivity index (χ4v) is 0.903. The van der Waals surface area contributed by atoms with E-state index in [-0.39, 0.29) is 11.0 Å². The van der Waals surface area contributed by atoms with E-state index in [4.69, 9.17) is 0 Å². The third-order valence-electron chi connectivity index (χ3n) is 2.26. The molecule has 0 spiro atoms. The van der Waals surface area contributed by atoms with E-state index in [0.29, 0.717) is 0 Å². The number of nitrogens with zero attached hydrogens (tertiary/aromatic N) is 1. The van der Waals surface area contributed by atoms with E-state index in [1.807, 2.05) is 0 Å². The molecule has 0 saturated carbocycles. The largest absolute Gasteiger partial charge is 0.268 e. The summed E-state index contributed by atoms with van der Waals surface area (Å²) in [5.74, 6) is 0. The number of nitrogens with one attached hydrogen (secondary N) is 1. The highest BCUT2D eigenvalue weighted by Crippen LogP contribution is 2.22. The molecule has 12 heavy (non-hydrogen) atoms. The van der Waals surface area contributed by atoms with Gasteiger partial charge in [0.15, 0.2) is 0 Å². The molecular formula is C9H14N2O. The fourth-order valence-electron chi connectivity index (χ4n) is 0.903. The van der Waals surface area contributed by atoms with E-state index in [9.17, 15) is 4.79 Å². The van der Waals surface area contributed by atoms with Crippen molar-refractivity contribution in [1.29, 1.82) is 0 Å². The van der Waals surface area contributed by atoms with Gasteiger partial charge >= 0.3 is 0 Å². The summed E-state index contributed by atoms with van der Waals surface area (Å²) in [6.45, 7) is 6.31. The standard InChI is InChI=1S/C9H14N2O/c1-4-9(2,3)7-5-6-8(12)11-10-7/h5-6H,4H2,1-3H3,(H,11,12). The van der Waals surface area contributed by atoms with E-state index < -0.39 is 0 Å². The third kappa shape index (κ3) is 1.72. The molecule has 66 valence electrons. The molecule has 1 aromatic heterocycles. The van der Waals surface area contributed by atoms with Crippen LogP contribution in [-0.2, 0) is 5.41 Å². The minimum Gasteiger partial charge on any atom is -0.268 e. The number of H-pyrrole nitrogens is 1. The molecule has 0 bridgehead atoms. The summed E-state index contributed by atoms with van der Waals surface area (Å²) in [7, 11) is 0. The Morgan fingerprint density at radius 3 is 2.58 bits per heavy atom. The maximum Gasteiger partial charge on any atom is 0.264 e. The van der Waals surface area contributed by atoms with Crippen LogP contribution in [0.25, 0.3) is 0 Å². The van der Waals surface area contributed by atoms with Crippen molar-refractivity contribution in [2.75, 3.05) is 0 Å². The molecule has 1 rings (SSSR count). The van der Waals surface area contributed by atoms with Crippen LogP contribution in [0.3, 0.4) is 0 Å². The third-order valence-corrected chi connectivity index (χ3v) is 2.26. The van der Waals surface area contributed by atoms with Gasteiger partial charge in [0.25, 0.3) is 5.56 Å². The lowest BCUT2D eigenvalue weighted by atomic mass is 9.86. The van der Waals surface area contributed by atoms with Gasteiger partial charge in [0.2, 0.25) is 0 Å². The normalized spacial score (nSPS) is 11.6. The average Bonchev–Trinajstić information content (AvgIpc) is 2.05. The second kappa shape index (κ2) is 3.09. The van der Waals surface area contributed by atoms with Gasteiger partial charge in [-0.1, -0.05) is 20.8 Å². The van der Waals surface area contributed by atoms with Gasteiger partial charge < -0.3 is 0 Å². The van der Waals surface area contributed by atoms with Gasteiger partial charge in [-0.05, 0) is 12.5 Å². The summed E-state index contributed by atoms with van der Waals surface area (Å²) in [5, 5.41) is 6.42. The molecule has 3 nitrogen and oxygen atoms in total. The van der Waals surface area contributed by atoms with Gasteiger partial charge in [0.1, 0.15) is 0 Å². The van der Waals surface area contributed by atoms with Crippen molar-refractivity contribution in [2.24, 2.45) is 0 Å². The SMILES string of the molecule is CCC(C)(C)c1ccc(=O)[nH]n1. The predicted octanol–water partition coefficient (Wildman–Crippen LogP) is 1.46. The molecule has 0 unspecified atom stereocenters. The molecule has 0 aliphatic heterocycles. The summed E-state index contributed by atoms with van der Waals surface area (Å²) in [5.41, 5.74) is 0.833. The first-order valence-corrected chi connectivity index (χ1v) is 4.12. The number of hydrogen-bond donors (Lipinski definition) is 1. The zero-order chi connectivity index (χ0) is 9.19. The minimum atomic E-state index is -0.148. The molecule has 1 heterocycles. The summed E-state index contributed by atoms with van der Waals surface area (Å²) in [6.07, 6.45) is 1.01. The van der Waals surface area contributed by atoms with Crippen LogP contribution < -0.4 is 5.56 Å². The number of aromatic nitrogens is 2. The van der Waals surface area contributed by atoms with E-state index in [2.05, 4.69) is 31.0 Å². The summed E-state index contributed by atoms with van der Waals surface area (Å²) < 4.78 is 0. The van der Waals surface area contributed by atoms with Crippen molar-refractivity contribution in [3.8, 4) is 0 Å². The lowest BCUT2D eigenvalue weighted by molar-refractivity contribution is 0.483. The molecule has 0 radical (unpaired) electrons. The van der Waals surface area contributed by atoms with E-state index in [1.165, 1.54) is 6.07 Å². The average molecular weight is 166 g/mol. The predicted molar refractivity (Wildman–Crippen MR) is 48.2 cm³/mol. The van der Waals surface area contributed by atoms with Gasteiger partial charge in [-0.15, -0.1) is 0 Å². The van der Waals surface area contributed by atoms with Crippen molar-refractivity contribution in [3.63, 3.8) is 0 Å². The van der Waals surface area contributed by atoms with Crippen molar-refractivity contribution in [2.45, 2.75) is 32.6 Å². The van der Waals surface area contributed by atoms with Gasteiger partial charge in [-0.25, -0.2) is 5.10 Å². The summed E-state index contributed by atoms with van der Waals surface area (Å²) in [6, 6.07) is 3.29. The Balaban J connectivity index is 3.04. The molecule has 0 saturated heterocycles.